The summed E-state index contributed by atoms with van der Waals surface area (Å²) in [5.41, 5.74) is 0.373. The third-order valence-electron chi connectivity index (χ3n) is 1.54. The number of esters is 1. The first-order valence-corrected chi connectivity index (χ1v) is 5.50. The van der Waals surface area contributed by atoms with Crippen LogP contribution in [-0.2, 0) is 4.79 Å². The molecule has 0 bridgehead atoms. The molecule has 0 aromatic heterocycles. The summed E-state index contributed by atoms with van der Waals surface area (Å²) in [7, 11) is 0. The molecule has 0 radical (unpaired) electrons. The molecule has 0 amide bonds. The molecular weight excluding hydrogens is 345 g/mol. The van der Waals surface area contributed by atoms with Crippen molar-refractivity contribution in [3.8, 4) is 11.8 Å². The first-order valence-electron chi connectivity index (χ1n) is 3.91. The van der Waals surface area contributed by atoms with Gasteiger partial charge in [-0.3, -0.25) is 0 Å². The van der Waals surface area contributed by atoms with Gasteiger partial charge in [-0.2, -0.15) is 9.65 Å². The summed E-state index contributed by atoms with van der Waals surface area (Å²) >= 11 is 6.21. The van der Waals surface area contributed by atoms with Crippen LogP contribution in [0.15, 0.2) is 33.5 Å². The third kappa shape index (κ3) is 2.90. The van der Waals surface area contributed by atoms with Crippen LogP contribution in [0.4, 0.5) is 4.39 Å². The van der Waals surface area contributed by atoms with Crippen molar-refractivity contribution in [1.82, 2.24) is 0 Å². The highest BCUT2D eigenvalue weighted by Crippen LogP contribution is 2.35. The van der Waals surface area contributed by atoms with Gasteiger partial charge < -0.3 is 4.74 Å². The quantitative estimate of drug-likeness (QED) is 0.467. The molecule has 0 N–H and O–H groups in total. The number of ether oxygens (including phenoxy) is 1. The summed E-state index contributed by atoms with van der Waals surface area (Å²) in [4.78, 5) is 11.0. The molecular formula is C10H4Br2FNO2. The first-order chi connectivity index (χ1) is 7.45. The SMILES string of the molecule is C=C(F)C(=O)Oc1c(Br)cc(C#N)cc1Br. The second-order valence-electron chi connectivity index (χ2n) is 2.68. The number of carbonyl (C=O) groups excluding carboxylic acids is 1. The van der Waals surface area contributed by atoms with Gasteiger partial charge in [0.15, 0.2) is 5.75 Å². The van der Waals surface area contributed by atoms with Gasteiger partial charge in [0.2, 0.25) is 5.83 Å². The van der Waals surface area contributed by atoms with E-state index in [1.165, 1.54) is 12.1 Å². The Balaban J connectivity index is 3.12. The monoisotopic (exact) mass is 347 g/mol. The van der Waals surface area contributed by atoms with Crippen LogP contribution in [0.2, 0.25) is 0 Å². The lowest BCUT2D eigenvalue weighted by Gasteiger charge is -2.07. The van der Waals surface area contributed by atoms with Crippen molar-refractivity contribution < 1.29 is 13.9 Å². The lowest BCUT2D eigenvalue weighted by atomic mass is 10.2. The van der Waals surface area contributed by atoms with Crippen LogP contribution in [0.3, 0.4) is 0 Å². The highest BCUT2D eigenvalue weighted by molar-refractivity contribution is 9.11. The van der Waals surface area contributed by atoms with E-state index in [0.717, 1.165) is 0 Å². The van der Waals surface area contributed by atoms with Crippen LogP contribution in [-0.4, -0.2) is 5.97 Å². The van der Waals surface area contributed by atoms with Gasteiger partial charge in [0.25, 0.3) is 0 Å². The van der Waals surface area contributed by atoms with E-state index >= 15 is 0 Å². The van der Waals surface area contributed by atoms with Gasteiger partial charge in [-0.15, -0.1) is 0 Å². The normalized spacial score (nSPS) is 9.38. The van der Waals surface area contributed by atoms with Crippen LogP contribution < -0.4 is 4.74 Å². The summed E-state index contributed by atoms with van der Waals surface area (Å²) < 4.78 is 17.9. The molecule has 0 saturated heterocycles. The van der Waals surface area contributed by atoms with Crippen LogP contribution >= 0.6 is 31.9 Å². The first kappa shape index (κ1) is 12.9. The number of hydrogen-bond donors (Lipinski definition) is 0. The van der Waals surface area contributed by atoms with E-state index < -0.39 is 11.8 Å². The van der Waals surface area contributed by atoms with E-state index in [1.54, 1.807) is 0 Å². The second-order valence-corrected chi connectivity index (χ2v) is 4.38. The van der Waals surface area contributed by atoms with Crippen LogP contribution in [0.25, 0.3) is 0 Å². The molecule has 0 atom stereocenters. The number of nitrogens with zero attached hydrogens (tertiary/aromatic N) is 1. The van der Waals surface area contributed by atoms with Gasteiger partial charge >= 0.3 is 5.97 Å². The smallest absolute Gasteiger partial charge is 0.372 e. The molecule has 0 aliphatic heterocycles. The topological polar surface area (TPSA) is 50.1 Å². The predicted molar refractivity (Wildman–Crippen MR) is 62.4 cm³/mol. The van der Waals surface area contributed by atoms with Gasteiger partial charge in [0.05, 0.1) is 20.6 Å². The fourth-order valence-corrected chi connectivity index (χ4v) is 2.22. The molecule has 1 rings (SSSR count). The zero-order chi connectivity index (χ0) is 12.3. The summed E-state index contributed by atoms with van der Waals surface area (Å²) in [5, 5.41) is 8.67. The molecule has 1 aromatic rings. The largest absolute Gasteiger partial charge is 0.419 e. The van der Waals surface area contributed by atoms with Crippen LogP contribution in [0.1, 0.15) is 5.56 Å². The molecule has 1 aromatic carbocycles. The van der Waals surface area contributed by atoms with Crippen molar-refractivity contribution in [3.63, 3.8) is 0 Å². The van der Waals surface area contributed by atoms with Gasteiger partial charge in [0.1, 0.15) is 0 Å². The van der Waals surface area contributed by atoms with Gasteiger partial charge in [0, 0.05) is 0 Å². The summed E-state index contributed by atoms with van der Waals surface area (Å²) in [6.45, 7) is 2.82. The Morgan fingerprint density at radius 1 is 1.44 bits per heavy atom. The zero-order valence-corrected chi connectivity index (χ0v) is 10.9. The molecule has 0 aliphatic rings. The summed E-state index contributed by atoms with van der Waals surface area (Å²) in [6, 6.07) is 4.83. The molecule has 0 fully saturated rings. The minimum atomic E-state index is -1.19. The molecule has 0 heterocycles. The molecule has 3 nitrogen and oxygen atoms in total. The number of carbonyl (C=O) groups is 1. The number of nitriles is 1. The Bertz CT molecular complexity index is 485. The molecule has 0 saturated carbocycles. The summed E-state index contributed by atoms with van der Waals surface area (Å²) in [6.07, 6.45) is 0. The Morgan fingerprint density at radius 2 is 1.94 bits per heavy atom. The number of rotatable bonds is 2. The standard InChI is InChI=1S/C10H4Br2FNO2/c1-5(13)10(15)16-9-7(11)2-6(4-14)3-8(9)12/h2-3H,1H2. The molecule has 0 unspecified atom stereocenters. The molecule has 0 spiro atoms. The lowest BCUT2D eigenvalue weighted by molar-refractivity contribution is -0.131. The number of benzene rings is 1. The van der Waals surface area contributed by atoms with E-state index in [2.05, 4.69) is 38.4 Å². The fraction of sp³-hybridized carbons (Fsp3) is 0. The highest BCUT2D eigenvalue weighted by Gasteiger charge is 2.15. The minimum absolute atomic E-state index is 0.0998. The van der Waals surface area contributed by atoms with E-state index in [-0.39, 0.29) is 5.75 Å². The van der Waals surface area contributed by atoms with Crippen molar-refractivity contribution in [3.05, 3.63) is 39.0 Å². The minimum Gasteiger partial charge on any atom is -0.419 e. The van der Waals surface area contributed by atoms with E-state index in [4.69, 9.17) is 10.00 Å². The van der Waals surface area contributed by atoms with Gasteiger partial charge in [-0.05, 0) is 44.0 Å². The zero-order valence-electron chi connectivity index (χ0n) is 7.76. The average molecular weight is 349 g/mol. The molecule has 82 valence electrons. The maximum absolute atomic E-state index is 12.4. The van der Waals surface area contributed by atoms with Gasteiger partial charge in [-0.25, -0.2) is 4.79 Å². The predicted octanol–water partition coefficient (Wildman–Crippen LogP) is 3.47. The highest BCUT2D eigenvalue weighted by atomic mass is 79.9. The average Bonchev–Trinajstić information content (AvgIpc) is 2.22. The molecule has 16 heavy (non-hydrogen) atoms. The number of hydrogen-bond acceptors (Lipinski definition) is 3. The molecule has 6 heteroatoms. The summed E-state index contributed by atoms with van der Waals surface area (Å²) in [5.74, 6) is -2.27. The maximum Gasteiger partial charge on any atom is 0.372 e. The van der Waals surface area contributed by atoms with Crippen molar-refractivity contribution in [2.45, 2.75) is 0 Å². The van der Waals surface area contributed by atoms with Crippen LogP contribution in [0.5, 0.6) is 5.75 Å². The Kier molecular flexibility index (Phi) is 4.21. The van der Waals surface area contributed by atoms with Crippen LogP contribution in [0, 0.1) is 11.3 Å². The van der Waals surface area contributed by atoms with E-state index in [9.17, 15) is 9.18 Å². The fourth-order valence-electron chi connectivity index (χ4n) is 0.870. The van der Waals surface area contributed by atoms with E-state index in [1.807, 2.05) is 6.07 Å². The Labute approximate surface area is 108 Å². The van der Waals surface area contributed by atoms with E-state index in [0.29, 0.717) is 14.5 Å². The maximum atomic E-state index is 12.4. The van der Waals surface area contributed by atoms with Crippen molar-refractivity contribution in [2.75, 3.05) is 0 Å². The second kappa shape index (κ2) is 5.23. The van der Waals surface area contributed by atoms with Crippen molar-refractivity contribution >= 4 is 37.8 Å². The van der Waals surface area contributed by atoms with Gasteiger partial charge in [-0.1, -0.05) is 6.58 Å². The molecule has 0 aliphatic carbocycles. The van der Waals surface area contributed by atoms with Crippen molar-refractivity contribution in [1.29, 1.82) is 5.26 Å². The van der Waals surface area contributed by atoms with Crippen molar-refractivity contribution in [2.24, 2.45) is 0 Å². The third-order valence-corrected chi connectivity index (χ3v) is 2.72. The Morgan fingerprint density at radius 3 is 2.31 bits per heavy atom. The Hall–Kier alpha value is -1.19. The number of halogens is 3. The lowest BCUT2D eigenvalue weighted by Crippen LogP contribution is -2.08.